The van der Waals surface area contributed by atoms with Crippen LogP contribution in [0, 0.1) is 5.82 Å². The Hall–Kier alpha value is -1.20. The summed E-state index contributed by atoms with van der Waals surface area (Å²) in [6.07, 6.45) is 5.30. The van der Waals surface area contributed by atoms with Gasteiger partial charge in [-0.15, -0.1) is 0 Å². The lowest BCUT2D eigenvalue weighted by Crippen LogP contribution is -2.50. The number of halogens is 1. The highest BCUT2D eigenvalue weighted by atomic mass is 19.1. The summed E-state index contributed by atoms with van der Waals surface area (Å²) in [5.74, 6) is 0.393. The van der Waals surface area contributed by atoms with E-state index in [1.807, 2.05) is 0 Å². The summed E-state index contributed by atoms with van der Waals surface area (Å²) >= 11 is 0. The molecule has 0 spiro atoms. The van der Waals surface area contributed by atoms with Crippen molar-refractivity contribution < 1.29 is 4.39 Å². The fourth-order valence-electron chi connectivity index (χ4n) is 3.41. The zero-order valence-corrected chi connectivity index (χ0v) is 12.8. The predicted octanol–water partition coefficient (Wildman–Crippen LogP) is 2.00. The Bertz CT molecular complexity index is 479. The van der Waals surface area contributed by atoms with Crippen LogP contribution in [0.15, 0.2) is 12.3 Å². The van der Waals surface area contributed by atoms with E-state index in [2.05, 4.69) is 27.0 Å². The van der Waals surface area contributed by atoms with Gasteiger partial charge in [0.2, 0.25) is 0 Å². The van der Waals surface area contributed by atoms with Crippen molar-refractivity contribution in [2.45, 2.75) is 38.8 Å². The molecule has 0 saturated carbocycles. The topological polar surface area (TPSA) is 31.4 Å². The molecule has 1 unspecified atom stereocenters. The highest BCUT2D eigenvalue weighted by molar-refractivity contribution is 5.44. The molecule has 2 fully saturated rings. The number of anilines is 1. The van der Waals surface area contributed by atoms with Crippen LogP contribution in [0.2, 0.25) is 0 Å². The minimum Gasteiger partial charge on any atom is -0.351 e. The van der Waals surface area contributed by atoms with Gasteiger partial charge in [0.1, 0.15) is 0 Å². The van der Waals surface area contributed by atoms with Crippen LogP contribution >= 0.6 is 0 Å². The fraction of sp³-hybridized carbons (Fsp3) is 0.688. The van der Waals surface area contributed by atoms with Gasteiger partial charge in [-0.2, -0.15) is 0 Å². The number of aromatic nitrogens is 1. The zero-order valence-electron chi connectivity index (χ0n) is 12.8. The molecular weight excluding hydrogens is 267 g/mol. The SMILES string of the molecule is CCCNCc1ccnc(N2CCN3CCCC3C2)c1F. The van der Waals surface area contributed by atoms with E-state index in [1.165, 1.54) is 19.4 Å². The third kappa shape index (κ3) is 3.19. The number of nitrogens with zero attached hydrogens (tertiary/aromatic N) is 3. The van der Waals surface area contributed by atoms with Gasteiger partial charge in [0, 0.05) is 44.0 Å². The van der Waals surface area contributed by atoms with E-state index in [4.69, 9.17) is 0 Å². The molecule has 0 aromatic carbocycles. The summed E-state index contributed by atoms with van der Waals surface area (Å²) in [6, 6.07) is 2.37. The minimum atomic E-state index is -0.146. The normalized spacial score (nSPS) is 22.6. The first-order chi connectivity index (χ1) is 10.3. The summed E-state index contributed by atoms with van der Waals surface area (Å²) in [6.45, 7) is 7.64. The highest BCUT2D eigenvalue weighted by Crippen LogP contribution is 2.26. The zero-order chi connectivity index (χ0) is 14.7. The number of fused-ring (bicyclic) bond motifs is 1. The number of piperazine rings is 1. The Morgan fingerprint density at radius 3 is 3.14 bits per heavy atom. The number of nitrogens with one attached hydrogen (secondary N) is 1. The molecule has 0 aliphatic carbocycles. The molecule has 0 amide bonds. The molecule has 3 rings (SSSR count). The first-order valence-electron chi connectivity index (χ1n) is 8.12. The van der Waals surface area contributed by atoms with Crippen LogP contribution < -0.4 is 10.2 Å². The smallest absolute Gasteiger partial charge is 0.170 e. The third-order valence-corrected chi connectivity index (χ3v) is 4.58. The molecule has 0 radical (unpaired) electrons. The molecule has 2 aliphatic heterocycles. The van der Waals surface area contributed by atoms with Gasteiger partial charge in [-0.3, -0.25) is 4.90 Å². The summed E-state index contributed by atoms with van der Waals surface area (Å²) < 4.78 is 14.7. The molecule has 2 aliphatic rings. The van der Waals surface area contributed by atoms with Crippen molar-refractivity contribution in [1.29, 1.82) is 0 Å². The van der Waals surface area contributed by atoms with E-state index in [1.54, 1.807) is 12.3 Å². The lowest BCUT2D eigenvalue weighted by Gasteiger charge is -2.38. The first-order valence-corrected chi connectivity index (χ1v) is 8.12. The van der Waals surface area contributed by atoms with E-state index in [0.717, 1.165) is 38.2 Å². The van der Waals surface area contributed by atoms with E-state index in [0.29, 0.717) is 18.4 Å². The number of hydrogen-bond acceptors (Lipinski definition) is 4. The van der Waals surface area contributed by atoms with E-state index in [9.17, 15) is 4.39 Å². The Morgan fingerprint density at radius 1 is 1.38 bits per heavy atom. The van der Waals surface area contributed by atoms with Crippen LogP contribution in [0.3, 0.4) is 0 Å². The van der Waals surface area contributed by atoms with Crippen LogP contribution in [-0.2, 0) is 6.54 Å². The van der Waals surface area contributed by atoms with Crippen molar-refractivity contribution in [2.75, 3.05) is 37.6 Å². The standard InChI is InChI=1S/C16H25FN4/c1-2-6-18-11-13-5-7-19-16(15(13)17)21-10-9-20-8-3-4-14(20)12-21/h5,7,14,18H,2-4,6,8-12H2,1H3. The summed E-state index contributed by atoms with van der Waals surface area (Å²) in [5, 5.41) is 3.26. The summed E-state index contributed by atoms with van der Waals surface area (Å²) in [5.41, 5.74) is 0.724. The van der Waals surface area contributed by atoms with Gasteiger partial charge in [0.25, 0.3) is 0 Å². The van der Waals surface area contributed by atoms with Crippen LogP contribution in [-0.4, -0.2) is 48.6 Å². The average molecular weight is 292 g/mol. The Labute approximate surface area is 126 Å². The van der Waals surface area contributed by atoms with Crippen LogP contribution in [0.4, 0.5) is 10.2 Å². The van der Waals surface area contributed by atoms with Gasteiger partial charge in [-0.05, 0) is 38.4 Å². The van der Waals surface area contributed by atoms with Crippen LogP contribution in [0.1, 0.15) is 31.7 Å². The number of rotatable bonds is 5. The Kier molecular flexibility index (Phi) is 4.70. The van der Waals surface area contributed by atoms with Crippen molar-refractivity contribution in [1.82, 2.24) is 15.2 Å². The maximum atomic E-state index is 14.7. The molecule has 3 heterocycles. The lowest BCUT2D eigenvalue weighted by atomic mass is 10.1. The molecule has 2 saturated heterocycles. The van der Waals surface area contributed by atoms with Crippen molar-refractivity contribution >= 4 is 5.82 Å². The Balaban J connectivity index is 1.71. The Morgan fingerprint density at radius 2 is 2.29 bits per heavy atom. The predicted molar refractivity (Wildman–Crippen MR) is 83.0 cm³/mol. The second-order valence-electron chi connectivity index (χ2n) is 6.06. The molecule has 1 aromatic heterocycles. The molecule has 1 atom stereocenters. The first kappa shape index (κ1) is 14.7. The van der Waals surface area contributed by atoms with E-state index in [-0.39, 0.29) is 5.82 Å². The number of pyridine rings is 1. The van der Waals surface area contributed by atoms with E-state index >= 15 is 0 Å². The van der Waals surface area contributed by atoms with Gasteiger partial charge < -0.3 is 10.2 Å². The van der Waals surface area contributed by atoms with Gasteiger partial charge >= 0.3 is 0 Å². The third-order valence-electron chi connectivity index (χ3n) is 4.58. The molecule has 1 N–H and O–H groups in total. The molecule has 5 heteroatoms. The van der Waals surface area contributed by atoms with Crippen molar-refractivity contribution in [3.05, 3.63) is 23.6 Å². The molecule has 1 aromatic rings. The average Bonchev–Trinajstić information content (AvgIpc) is 2.96. The second-order valence-corrected chi connectivity index (χ2v) is 6.06. The maximum Gasteiger partial charge on any atom is 0.170 e. The molecule has 4 nitrogen and oxygen atoms in total. The largest absolute Gasteiger partial charge is 0.351 e. The van der Waals surface area contributed by atoms with Crippen molar-refractivity contribution in [3.8, 4) is 0 Å². The molecule has 21 heavy (non-hydrogen) atoms. The maximum absolute atomic E-state index is 14.7. The summed E-state index contributed by atoms with van der Waals surface area (Å²) in [7, 11) is 0. The van der Waals surface area contributed by atoms with E-state index < -0.39 is 0 Å². The molecule has 0 bridgehead atoms. The van der Waals surface area contributed by atoms with Crippen LogP contribution in [0.25, 0.3) is 0 Å². The lowest BCUT2D eigenvalue weighted by molar-refractivity contribution is 0.229. The second kappa shape index (κ2) is 6.71. The fourth-order valence-corrected chi connectivity index (χ4v) is 3.41. The van der Waals surface area contributed by atoms with Crippen molar-refractivity contribution in [2.24, 2.45) is 0 Å². The quantitative estimate of drug-likeness (QED) is 0.841. The van der Waals surface area contributed by atoms with Gasteiger partial charge in [0.15, 0.2) is 11.6 Å². The van der Waals surface area contributed by atoms with Gasteiger partial charge in [-0.25, -0.2) is 9.37 Å². The molecular formula is C16H25FN4. The monoisotopic (exact) mass is 292 g/mol. The molecule has 116 valence electrons. The summed E-state index contributed by atoms with van der Waals surface area (Å²) in [4.78, 5) is 8.97. The van der Waals surface area contributed by atoms with Crippen LogP contribution in [0.5, 0.6) is 0 Å². The van der Waals surface area contributed by atoms with Crippen molar-refractivity contribution in [3.63, 3.8) is 0 Å². The number of hydrogen-bond donors (Lipinski definition) is 1. The highest BCUT2D eigenvalue weighted by Gasteiger charge is 2.32. The van der Waals surface area contributed by atoms with Gasteiger partial charge in [0.05, 0.1) is 0 Å². The minimum absolute atomic E-state index is 0.146. The van der Waals surface area contributed by atoms with Gasteiger partial charge in [-0.1, -0.05) is 6.92 Å².